The molecule has 0 radical (unpaired) electrons. The summed E-state index contributed by atoms with van der Waals surface area (Å²) in [6, 6.07) is 14.0. The van der Waals surface area contributed by atoms with Gasteiger partial charge in [-0.25, -0.2) is 18.7 Å². The predicted molar refractivity (Wildman–Crippen MR) is 168 cm³/mol. The van der Waals surface area contributed by atoms with Crippen LogP contribution in [0.4, 0.5) is 26.0 Å². The molecule has 1 fully saturated rings. The Morgan fingerprint density at radius 1 is 1.04 bits per heavy atom. The molecular formula is C34H33F2N5O4. The van der Waals surface area contributed by atoms with E-state index in [-0.39, 0.29) is 35.1 Å². The molecule has 4 heterocycles. The van der Waals surface area contributed by atoms with Crippen LogP contribution in [-0.4, -0.2) is 45.3 Å². The maximum Gasteiger partial charge on any atom is 0.227 e. The third-order valence-electron chi connectivity index (χ3n) is 8.18. The molecule has 1 aliphatic rings. The van der Waals surface area contributed by atoms with Crippen molar-refractivity contribution in [1.29, 1.82) is 0 Å². The number of fused-ring (bicyclic) bond motifs is 1. The van der Waals surface area contributed by atoms with E-state index >= 15 is 0 Å². The van der Waals surface area contributed by atoms with Crippen LogP contribution < -0.4 is 19.7 Å². The van der Waals surface area contributed by atoms with Gasteiger partial charge in [-0.1, -0.05) is 6.07 Å². The van der Waals surface area contributed by atoms with Crippen LogP contribution in [0.15, 0.2) is 67.0 Å². The molecule has 232 valence electrons. The quantitative estimate of drug-likeness (QED) is 0.191. The van der Waals surface area contributed by atoms with Gasteiger partial charge in [0.25, 0.3) is 0 Å². The SMILES string of the molecule is COc1ccc(Cn2cc3nc(-c4c(F)cccc4F)cc(Nc4ccc(N5C(=O)CCCC5(C)C)cn4)c3c2O)c(OC)c1. The van der Waals surface area contributed by atoms with E-state index in [9.17, 15) is 18.7 Å². The van der Waals surface area contributed by atoms with Gasteiger partial charge in [0.15, 0.2) is 0 Å². The van der Waals surface area contributed by atoms with Crippen molar-refractivity contribution in [3.8, 4) is 28.6 Å². The first-order valence-electron chi connectivity index (χ1n) is 14.5. The lowest BCUT2D eigenvalue weighted by atomic mass is 9.89. The Kier molecular flexibility index (Phi) is 7.78. The highest BCUT2D eigenvalue weighted by atomic mass is 19.1. The molecule has 0 spiro atoms. The Labute approximate surface area is 259 Å². The number of hydrogen-bond donors (Lipinski definition) is 2. The zero-order valence-corrected chi connectivity index (χ0v) is 25.4. The van der Waals surface area contributed by atoms with E-state index in [2.05, 4.69) is 15.3 Å². The molecule has 0 bridgehead atoms. The first-order chi connectivity index (χ1) is 21.6. The van der Waals surface area contributed by atoms with E-state index in [0.717, 1.165) is 18.4 Å². The number of amides is 1. The molecule has 0 atom stereocenters. The minimum Gasteiger partial charge on any atom is -0.497 e. The predicted octanol–water partition coefficient (Wildman–Crippen LogP) is 7.19. The number of aromatic hydroxyl groups is 1. The summed E-state index contributed by atoms with van der Waals surface area (Å²) in [6.07, 6.45) is 5.42. The van der Waals surface area contributed by atoms with Gasteiger partial charge >= 0.3 is 0 Å². The lowest BCUT2D eigenvalue weighted by Crippen LogP contribution is -2.51. The largest absolute Gasteiger partial charge is 0.497 e. The van der Waals surface area contributed by atoms with Crippen molar-refractivity contribution in [3.05, 3.63) is 84.2 Å². The molecule has 9 nitrogen and oxygen atoms in total. The molecule has 45 heavy (non-hydrogen) atoms. The molecule has 3 aromatic heterocycles. The van der Waals surface area contributed by atoms with E-state index in [4.69, 9.17) is 9.47 Å². The van der Waals surface area contributed by atoms with Crippen LogP contribution in [0.3, 0.4) is 0 Å². The number of hydrogen-bond acceptors (Lipinski definition) is 7. The number of ether oxygens (including phenoxy) is 2. The summed E-state index contributed by atoms with van der Waals surface area (Å²) >= 11 is 0. The van der Waals surface area contributed by atoms with Crippen LogP contribution >= 0.6 is 0 Å². The molecule has 2 N–H and O–H groups in total. The van der Waals surface area contributed by atoms with Crippen molar-refractivity contribution < 1.29 is 28.2 Å². The van der Waals surface area contributed by atoms with E-state index in [1.54, 1.807) is 60.3 Å². The minimum absolute atomic E-state index is 0.0389. The Morgan fingerprint density at radius 3 is 2.49 bits per heavy atom. The van der Waals surface area contributed by atoms with Gasteiger partial charge in [0.05, 0.1) is 60.5 Å². The zero-order valence-electron chi connectivity index (χ0n) is 25.4. The van der Waals surface area contributed by atoms with Gasteiger partial charge in [0.2, 0.25) is 11.8 Å². The Balaban J connectivity index is 1.43. The van der Waals surface area contributed by atoms with Crippen LogP contribution in [0.2, 0.25) is 0 Å². The van der Waals surface area contributed by atoms with Crippen LogP contribution in [0.1, 0.15) is 38.7 Å². The van der Waals surface area contributed by atoms with Gasteiger partial charge in [-0.2, -0.15) is 0 Å². The van der Waals surface area contributed by atoms with Crippen molar-refractivity contribution in [2.24, 2.45) is 0 Å². The number of aromatic nitrogens is 3. The zero-order chi connectivity index (χ0) is 31.9. The number of rotatable bonds is 8. The summed E-state index contributed by atoms with van der Waals surface area (Å²) < 4.78 is 42.2. The Hall–Kier alpha value is -5.19. The number of nitrogens with one attached hydrogen (secondary N) is 1. The molecule has 2 aromatic carbocycles. The topological polar surface area (TPSA) is 102 Å². The monoisotopic (exact) mass is 613 g/mol. The summed E-state index contributed by atoms with van der Waals surface area (Å²) in [5.74, 6) is -0.0268. The lowest BCUT2D eigenvalue weighted by Gasteiger charge is -2.42. The number of benzene rings is 2. The second-order valence-electron chi connectivity index (χ2n) is 11.6. The third kappa shape index (κ3) is 5.61. The molecule has 1 saturated heterocycles. The van der Waals surface area contributed by atoms with E-state index in [0.29, 0.717) is 46.0 Å². The van der Waals surface area contributed by atoms with Gasteiger partial charge in [0, 0.05) is 29.8 Å². The third-order valence-corrected chi connectivity index (χ3v) is 8.18. The van der Waals surface area contributed by atoms with E-state index in [1.807, 2.05) is 19.9 Å². The van der Waals surface area contributed by atoms with Crippen molar-refractivity contribution in [2.75, 3.05) is 24.4 Å². The fraction of sp³-hybridized carbons (Fsp3) is 0.265. The van der Waals surface area contributed by atoms with Crippen molar-refractivity contribution in [1.82, 2.24) is 14.5 Å². The number of anilines is 3. The Morgan fingerprint density at radius 2 is 1.82 bits per heavy atom. The van der Waals surface area contributed by atoms with Crippen LogP contribution in [0.25, 0.3) is 22.2 Å². The number of piperidine rings is 1. The maximum atomic E-state index is 14.9. The average molecular weight is 614 g/mol. The normalized spacial score (nSPS) is 14.5. The van der Waals surface area contributed by atoms with Gasteiger partial charge in [-0.05, 0) is 69.2 Å². The molecule has 0 aliphatic carbocycles. The fourth-order valence-corrected chi connectivity index (χ4v) is 5.96. The van der Waals surface area contributed by atoms with E-state index < -0.39 is 11.6 Å². The summed E-state index contributed by atoms with van der Waals surface area (Å²) in [5, 5.41) is 15.0. The standard InChI is InChI=1S/C34H33F2N5O4/c1-34(2)14-6-9-30(42)41(34)21-11-13-29(37-17-21)39-26-16-25(31-23(35)7-5-8-24(31)36)38-27-19-40(33(43)32(26)27)18-20-10-12-22(44-3)15-28(20)45-4/h5,7-8,10-13,15-17,19,43H,6,9,14,18H2,1-4H3,(H,37,39). The average Bonchev–Trinajstić information content (AvgIpc) is 3.32. The van der Waals surface area contributed by atoms with E-state index in [1.165, 1.54) is 24.3 Å². The molecule has 1 amide bonds. The number of carbonyl (C=O) groups is 1. The summed E-state index contributed by atoms with van der Waals surface area (Å²) in [4.78, 5) is 23.6. The summed E-state index contributed by atoms with van der Waals surface area (Å²) in [6.45, 7) is 4.27. The van der Waals surface area contributed by atoms with Gasteiger partial charge < -0.3 is 29.4 Å². The molecular weight excluding hydrogens is 580 g/mol. The number of methoxy groups -OCH3 is 2. The van der Waals surface area contributed by atoms with Crippen LogP contribution in [0, 0.1) is 11.6 Å². The van der Waals surface area contributed by atoms with Crippen molar-refractivity contribution in [2.45, 2.75) is 45.2 Å². The van der Waals surface area contributed by atoms with Crippen molar-refractivity contribution >= 4 is 34.0 Å². The summed E-state index contributed by atoms with van der Waals surface area (Å²) in [5.41, 5.74) is 1.48. The van der Waals surface area contributed by atoms with Crippen molar-refractivity contribution in [3.63, 3.8) is 0 Å². The van der Waals surface area contributed by atoms with Gasteiger partial charge in [-0.3, -0.25) is 4.79 Å². The molecule has 0 unspecified atom stereocenters. The number of pyridine rings is 2. The second kappa shape index (κ2) is 11.7. The number of nitrogens with zero attached hydrogens (tertiary/aromatic N) is 4. The lowest BCUT2D eigenvalue weighted by molar-refractivity contribution is -0.121. The van der Waals surface area contributed by atoms with Crippen LogP contribution in [0.5, 0.6) is 17.4 Å². The smallest absolute Gasteiger partial charge is 0.227 e. The molecule has 6 rings (SSSR count). The number of halogens is 2. The first kappa shape index (κ1) is 29.9. The highest BCUT2D eigenvalue weighted by Gasteiger charge is 2.35. The summed E-state index contributed by atoms with van der Waals surface area (Å²) in [7, 11) is 3.11. The van der Waals surface area contributed by atoms with Gasteiger partial charge in [-0.15, -0.1) is 0 Å². The highest BCUT2D eigenvalue weighted by Crippen LogP contribution is 2.40. The Bertz CT molecular complexity index is 1890. The maximum absolute atomic E-state index is 14.9. The first-order valence-corrected chi connectivity index (χ1v) is 14.5. The molecule has 1 aliphatic heterocycles. The molecule has 11 heteroatoms. The number of carbonyl (C=O) groups excluding carboxylic acids is 1. The van der Waals surface area contributed by atoms with Gasteiger partial charge in [0.1, 0.15) is 29.0 Å². The highest BCUT2D eigenvalue weighted by molar-refractivity contribution is 6.00. The fourth-order valence-electron chi connectivity index (χ4n) is 5.96. The minimum atomic E-state index is -0.768. The molecule has 0 saturated carbocycles. The molecule has 5 aromatic rings. The second-order valence-corrected chi connectivity index (χ2v) is 11.6. The van der Waals surface area contributed by atoms with Crippen LogP contribution in [-0.2, 0) is 11.3 Å².